The maximum atomic E-state index is 11.5. The van der Waals surface area contributed by atoms with E-state index >= 15 is 0 Å². The van der Waals surface area contributed by atoms with E-state index in [0.29, 0.717) is 12.0 Å². The average Bonchev–Trinajstić information content (AvgIpc) is 3.11. The van der Waals surface area contributed by atoms with E-state index in [0.717, 1.165) is 39.5 Å². The van der Waals surface area contributed by atoms with Crippen LogP contribution in [-0.2, 0) is 11.2 Å². The Kier molecular flexibility index (Phi) is 3.82. The summed E-state index contributed by atoms with van der Waals surface area (Å²) < 4.78 is 0. The first-order valence-corrected chi connectivity index (χ1v) is 8.77. The Hall–Kier alpha value is -2.99. The van der Waals surface area contributed by atoms with E-state index in [1.807, 2.05) is 23.6 Å². The molecule has 124 valence electrons. The number of nitrogens with two attached hydrogens (primary N) is 1. The van der Waals surface area contributed by atoms with E-state index in [-0.39, 0.29) is 5.91 Å². The molecule has 0 fully saturated rings. The van der Waals surface area contributed by atoms with Gasteiger partial charge in [0, 0.05) is 34.2 Å². The molecule has 1 aromatic heterocycles. The summed E-state index contributed by atoms with van der Waals surface area (Å²) in [6, 6.07) is 13.1. The minimum Gasteiger partial charge on any atom is -0.366 e. The first-order chi connectivity index (χ1) is 12.1. The predicted molar refractivity (Wildman–Crippen MR) is 98.5 cm³/mol. The lowest BCUT2D eigenvalue weighted by molar-refractivity contribution is -0.116. The van der Waals surface area contributed by atoms with Crippen molar-refractivity contribution in [2.24, 2.45) is 5.73 Å². The van der Waals surface area contributed by atoms with E-state index < -0.39 is 5.91 Å². The number of aromatic nitrogens is 1. The number of hydrogen-bond acceptors (Lipinski definition) is 4. The second-order valence-electron chi connectivity index (χ2n) is 5.90. The number of hydrogen-bond donors (Lipinski definition) is 2. The van der Waals surface area contributed by atoms with Crippen LogP contribution in [0.2, 0.25) is 0 Å². The summed E-state index contributed by atoms with van der Waals surface area (Å²) in [4.78, 5) is 27.5. The fourth-order valence-corrected chi connectivity index (χ4v) is 3.71. The van der Waals surface area contributed by atoms with Crippen molar-refractivity contribution in [3.63, 3.8) is 0 Å². The van der Waals surface area contributed by atoms with Gasteiger partial charge in [0.15, 0.2) is 0 Å². The molecule has 2 aromatic carbocycles. The zero-order chi connectivity index (χ0) is 17.4. The van der Waals surface area contributed by atoms with Gasteiger partial charge in [-0.1, -0.05) is 18.2 Å². The first-order valence-electron chi connectivity index (χ1n) is 7.89. The van der Waals surface area contributed by atoms with Crippen LogP contribution in [0.4, 0.5) is 5.69 Å². The Morgan fingerprint density at radius 3 is 2.84 bits per heavy atom. The van der Waals surface area contributed by atoms with Crippen molar-refractivity contribution >= 4 is 28.8 Å². The Morgan fingerprint density at radius 2 is 2.00 bits per heavy atom. The number of aryl methyl sites for hydroxylation is 1. The Balaban J connectivity index is 1.67. The summed E-state index contributed by atoms with van der Waals surface area (Å²) in [5, 5.41) is 5.72. The van der Waals surface area contributed by atoms with Crippen molar-refractivity contribution < 1.29 is 9.59 Å². The largest absolute Gasteiger partial charge is 0.366 e. The molecule has 6 heteroatoms. The number of amides is 2. The third-order valence-electron chi connectivity index (χ3n) is 4.19. The average molecular weight is 349 g/mol. The van der Waals surface area contributed by atoms with Crippen LogP contribution in [0.25, 0.3) is 21.8 Å². The van der Waals surface area contributed by atoms with Crippen molar-refractivity contribution in [1.29, 1.82) is 0 Å². The molecule has 0 bridgehead atoms. The van der Waals surface area contributed by atoms with Gasteiger partial charge in [0.05, 0.1) is 5.69 Å². The third-order valence-corrected chi connectivity index (χ3v) is 5.09. The highest BCUT2D eigenvalue weighted by Crippen LogP contribution is 2.32. The van der Waals surface area contributed by atoms with Crippen LogP contribution in [0, 0.1) is 0 Å². The topological polar surface area (TPSA) is 85.1 Å². The van der Waals surface area contributed by atoms with E-state index in [4.69, 9.17) is 10.7 Å². The Morgan fingerprint density at radius 1 is 1.12 bits per heavy atom. The molecule has 0 spiro atoms. The normalized spacial score (nSPS) is 13.2. The van der Waals surface area contributed by atoms with E-state index in [2.05, 4.69) is 11.4 Å². The van der Waals surface area contributed by atoms with Crippen LogP contribution in [0.1, 0.15) is 22.3 Å². The van der Waals surface area contributed by atoms with Crippen LogP contribution in [0.15, 0.2) is 47.8 Å². The SMILES string of the molecule is NC(=O)c1cccc(-c2nc(-c3ccc4c(c3)CCC(=O)N4)cs2)c1. The zero-order valence-electron chi connectivity index (χ0n) is 13.3. The van der Waals surface area contributed by atoms with Crippen molar-refractivity contribution in [2.75, 3.05) is 5.32 Å². The standard InChI is InChI=1S/C19H15N3O2S/c20-18(24)13-2-1-3-14(9-13)19-22-16(10-25-19)12-4-6-15-11(8-12)5-7-17(23)21-15/h1-4,6,8-10H,5,7H2,(H2,20,24)(H,21,23). The van der Waals surface area contributed by atoms with Gasteiger partial charge in [-0.15, -0.1) is 11.3 Å². The number of carbonyl (C=O) groups excluding carboxylic acids is 2. The number of benzene rings is 2. The van der Waals surface area contributed by atoms with E-state index in [1.54, 1.807) is 18.2 Å². The lowest BCUT2D eigenvalue weighted by Gasteiger charge is -2.17. The predicted octanol–water partition coefficient (Wildman–Crippen LogP) is 3.46. The summed E-state index contributed by atoms with van der Waals surface area (Å²) >= 11 is 1.52. The summed E-state index contributed by atoms with van der Waals surface area (Å²) in [5.41, 5.74) is 10.6. The minimum atomic E-state index is -0.449. The highest BCUT2D eigenvalue weighted by atomic mass is 32.1. The summed E-state index contributed by atoms with van der Waals surface area (Å²) in [6.45, 7) is 0. The minimum absolute atomic E-state index is 0.0607. The number of thiazole rings is 1. The van der Waals surface area contributed by atoms with Crippen molar-refractivity contribution in [2.45, 2.75) is 12.8 Å². The number of anilines is 1. The molecule has 0 saturated carbocycles. The zero-order valence-corrected chi connectivity index (χ0v) is 14.1. The van der Waals surface area contributed by atoms with Gasteiger partial charge in [0.25, 0.3) is 0 Å². The van der Waals surface area contributed by atoms with Crippen molar-refractivity contribution in [1.82, 2.24) is 4.98 Å². The number of primary amides is 1. The van der Waals surface area contributed by atoms with Gasteiger partial charge in [-0.25, -0.2) is 4.98 Å². The highest BCUT2D eigenvalue weighted by Gasteiger charge is 2.16. The number of rotatable bonds is 3. The molecule has 2 heterocycles. The second-order valence-corrected chi connectivity index (χ2v) is 6.76. The molecule has 5 nitrogen and oxygen atoms in total. The summed E-state index contributed by atoms with van der Waals surface area (Å²) in [5.74, 6) is -0.388. The van der Waals surface area contributed by atoms with Gasteiger partial charge >= 0.3 is 0 Å². The quantitative estimate of drug-likeness (QED) is 0.759. The molecule has 3 aromatic rings. The van der Waals surface area contributed by atoms with E-state index in [1.165, 1.54) is 11.3 Å². The monoisotopic (exact) mass is 349 g/mol. The molecule has 0 aliphatic carbocycles. The smallest absolute Gasteiger partial charge is 0.248 e. The molecular weight excluding hydrogens is 334 g/mol. The van der Waals surface area contributed by atoms with Gasteiger partial charge in [0.2, 0.25) is 11.8 Å². The van der Waals surface area contributed by atoms with Gasteiger partial charge in [0.1, 0.15) is 5.01 Å². The lowest BCUT2D eigenvalue weighted by atomic mass is 9.99. The van der Waals surface area contributed by atoms with Gasteiger partial charge < -0.3 is 11.1 Å². The van der Waals surface area contributed by atoms with Gasteiger partial charge in [-0.05, 0) is 36.2 Å². The molecule has 0 radical (unpaired) electrons. The Labute approximate surface area is 148 Å². The maximum absolute atomic E-state index is 11.5. The van der Waals surface area contributed by atoms with Crippen molar-refractivity contribution in [3.8, 4) is 21.8 Å². The molecule has 2 amide bonds. The molecule has 1 aliphatic rings. The maximum Gasteiger partial charge on any atom is 0.248 e. The number of carbonyl (C=O) groups is 2. The molecule has 1 aliphatic heterocycles. The van der Waals surface area contributed by atoms with Crippen LogP contribution >= 0.6 is 11.3 Å². The molecule has 0 unspecified atom stereocenters. The summed E-state index contributed by atoms with van der Waals surface area (Å²) in [6.07, 6.45) is 1.26. The van der Waals surface area contributed by atoms with E-state index in [9.17, 15) is 9.59 Å². The number of nitrogens with one attached hydrogen (secondary N) is 1. The molecule has 0 saturated heterocycles. The Bertz CT molecular complexity index is 994. The fourth-order valence-electron chi connectivity index (χ4n) is 2.89. The summed E-state index contributed by atoms with van der Waals surface area (Å²) in [7, 11) is 0. The highest BCUT2D eigenvalue weighted by molar-refractivity contribution is 7.13. The van der Waals surface area contributed by atoms with Gasteiger partial charge in [-0.2, -0.15) is 0 Å². The molecule has 25 heavy (non-hydrogen) atoms. The lowest BCUT2D eigenvalue weighted by Crippen LogP contribution is -2.18. The molecule has 4 rings (SSSR count). The third kappa shape index (κ3) is 3.04. The molecule has 3 N–H and O–H groups in total. The van der Waals surface area contributed by atoms with Gasteiger partial charge in [-0.3, -0.25) is 9.59 Å². The van der Waals surface area contributed by atoms with Crippen LogP contribution in [0.3, 0.4) is 0 Å². The van der Waals surface area contributed by atoms with Crippen LogP contribution in [0.5, 0.6) is 0 Å². The number of nitrogens with zero attached hydrogens (tertiary/aromatic N) is 1. The molecular formula is C19H15N3O2S. The fraction of sp³-hybridized carbons (Fsp3) is 0.105. The second kappa shape index (κ2) is 6.14. The molecule has 0 atom stereocenters. The van der Waals surface area contributed by atoms with Crippen LogP contribution in [-0.4, -0.2) is 16.8 Å². The van der Waals surface area contributed by atoms with Crippen molar-refractivity contribution in [3.05, 3.63) is 59.0 Å². The number of fused-ring (bicyclic) bond motifs is 1. The van der Waals surface area contributed by atoms with Crippen LogP contribution < -0.4 is 11.1 Å². The first kappa shape index (κ1) is 15.5.